The van der Waals surface area contributed by atoms with Gasteiger partial charge in [-0.05, 0) is 63.1 Å². The molecule has 1 N–H and O–H groups in total. The predicted octanol–water partition coefficient (Wildman–Crippen LogP) is 5.89. The van der Waals surface area contributed by atoms with Crippen LogP contribution in [0.25, 0.3) is 11.4 Å². The van der Waals surface area contributed by atoms with Crippen molar-refractivity contribution < 1.29 is 32.5 Å². The molecule has 0 spiro atoms. The van der Waals surface area contributed by atoms with Crippen LogP contribution in [-0.2, 0) is 24.1 Å². The van der Waals surface area contributed by atoms with E-state index in [0.29, 0.717) is 40.8 Å². The molecule has 35 heavy (non-hydrogen) atoms. The van der Waals surface area contributed by atoms with Crippen molar-refractivity contribution in [1.82, 2.24) is 14.8 Å². The fraction of sp³-hybridized carbons (Fsp3) is 0.400. The first-order valence-corrected chi connectivity index (χ1v) is 11.2. The van der Waals surface area contributed by atoms with Gasteiger partial charge in [-0.3, -0.25) is 0 Å². The van der Waals surface area contributed by atoms with E-state index >= 15 is 0 Å². The molecule has 0 saturated heterocycles. The molecule has 0 unspecified atom stereocenters. The lowest BCUT2D eigenvalue weighted by molar-refractivity contribution is -0.152. The monoisotopic (exact) mass is 491 g/mol. The fourth-order valence-electron chi connectivity index (χ4n) is 3.19. The summed E-state index contributed by atoms with van der Waals surface area (Å²) in [5.41, 5.74) is -0.926. The van der Waals surface area contributed by atoms with E-state index in [0.717, 1.165) is 25.0 Å². The molecular weight excluding hydrogens is 463 g/mol. The van der Waals surface area contributed by atoms with Crippen LogP contribution in [0.3, 0.4) is 0 Å². The second-order valence-corrected chi connectivity index (χ2v) is 8.64. The van der Waals surface area contributed by atoms with Gasteiger partial charge in [-0.15, -0.1) is 0 Å². The average molecular weight is 492 g/mol. The number of aryl methyl sites for hydroxylation is 2. The maximum absolute atomic E-state index is 12.9. The van der Waals surface area contributed by atoms with E-state index in [1.165, 1.54) is 26.0 Å². The number of nitrogens with zero attached hydrogens (tertiary/aromatic N) is 3. The van der Waals surface area contributed by atoms with Crippen molar-refractivity contribution in [1.29, 1.82) is 0 Å². The topological polar surface area (TPSA) is 86.5 Å². The first-order valence-electron chi connectivity index (χ1n) is 11.2. The highest BCUT2D eigenvalue weighted by molar-refractivity contribution is 5.76. The number of halogens is 3. The normalized spacial score (nSPS) is 12.0. The third-order valence-electron chi connectivity index (χ3n) is 5.34. The van der Waals surface area contributed by atoms with Crippen LogP contribution in [0.4, 0.5) is 13.2 Å². The fourth-order valence-corrected chi connectivity index (χ4v) is 3.19. The molecule has 3 rings (SSSR count). The molecule has 1 heterocycles. The lowest BCUT2D eigenvalue weighted by Gasteiger charge is -2.23. The van der Waals surface area contributed by atoms with Crippen molar-refractivity contribution in [3.63, 3.8) is 0 Å². The number of alkyl halides is 3. The van der Waals surface area contributed by atoms with Crippen molar-refractivity contribution in [2.75, 3.05) is 0 Å². The molecule has 0 amide bonds. The lowest BCUT2D eigenvalue weighted by atomic mass is 10.1. The Hall–Kier alpha value is -3.56. The third-order valence-corrected chi connectivity index (χ3v) is 5.34. The summed E-state index contributed by atoms with van der Waals surface area (Å²) >= 11 is 0. The highest BCUT2D eigenvalue weighted by Gasteiger charge is 2.31. The SMILES string of the molecule is CCCCn1nc(-c2ccc(C(F)(F)F)cc2)nc1COc1ccc(OC(C)(C)C(=O)O)c(C)c1. The summed E-state index contributed by atoms with van der Waals surface area (Å²) in [6.45, 7) is 7.46. The smallest absolute Gasteiger partial charge is 0.416 e. The Balaban J connectivity index is 1.77. The molecule has 0 bridgehead atoms. The minimum atomic E-state index is -4.41. The molecule has 3 aromatic rings. The van der Waals surface area contributed by atoms with E-state index in [9.17, 15) is 23.1 Å². The molecule has 0 aliphatic rings. The van der Waals surface area contributed by atoms with E-state index < -0.39 is 23.3 Å². The molecule has 2 aromatic carbocycles. The zero-order valence-electron chi connectivity index (χ0n) is 20.0. The van der Waals surface area contributed by atoms with E-state index in [2.05, 4.69) is 10.1 Å². The maximum atomic E-state index is 12.9. The van der Waals surface area contributed by atoms with Crippen LogP contribution < -0.4 is 9.47 Å². The third kappa shape index (κ3) is 6.52. The van der Waals surface area contributed by atoms with Crippen LogP contribution in [-0.4, -0.2) is 31.4 Å². The van der Waals surface area contributed by atoms with E-state index in [1.54, 1.807) is 29.8 Å². The lowest BCUT2D eigenvalue weighted by Crippen LogP contribution is -2.38. The Morgan fingerprint density at radius 3 is 2.37 bits per heavy atom. The highest BCUT2D eigenvalue weighted by atomic mass is 19.4. The quantitative estimate of drug-likeness (QED) is 0.380. The minimum absolute atomic E-state index is 0.0949. The number of carboxylic acids is 1. The number of unbranched alkanes of at least 4 members (excludes halogenated alkanes) is 1. The number of aliphatic carboxylic acids is 1. The van der Waals surface area contributed by atoms with Crippen molar-refractivity contribution in [2.45, 2.75) is 65.5 Å². The summed E-state index contributed by atoms with van der Waals surface area (Å²) in [6.07, 6.45) is -2.62. The van der Waals surface area contributed by atoms with Gasteiger partial charge in [0.2, 0.25) is 0 Å². The van der Waals surface area contributed by atoms with E-state index in [-0.39, 0.29) is 6.61 Å². The molecule has 0 aliphatic heterocycles. The van der Waals surface area contributed by atoms with Crippen LogP contribution in [0, 0.1) is 6.92 Å². The van der Waals surface area contributed by atoms with Crippen molar-refractivity contribution in [2.24, 2.45) is 0 Å². The molecule has 0 atom stereocenters. The van der Waals surface area contributed by atoms with E-state index in [1.807, 2.05) is 6.92 Å². The number of hydrogen-bond donors (Lipinski definition) is 1. The van der Waals surface area contributed by atoms with Gasteiger partial charge in [0.15, 0.2) is 17.2 Å². The first kappa shape index (κ1) is 26.1. The van der Waals surface area contributed by atoms with Gasteiger partial charge < -0.3 is 14.6 Å². The van der Waals surface area contributed by atoms with E-state index in [4.69, 9.17) is 9.47 Å². The summed E-state index contributed by atoms with van der Waals surface area (Å²) in [7, 11) is 0. The Morgan fingerprint density at radius 2 is 1.80 bits per heavy atom. The number of benzene rings is 2. The van der Waals surface area contributed by atoms with Crippen molar-refractivity contribution >= 4 is 5.97 Å². The van der Waals surface area contributed by atoms with Gasteiger partial charge in [-0.25, -0.2) is 14.5 Å². The Bertz CT molecular complexity index is 1170. The average Bonchev–Trinajstić information content (AvgIpc) is 3.20. The maximum Gasteiger partial charge on any atom is 0.416 e. The Kier molecular flexibility index (Phi) is 7.72. The zero-order valence-corrected chi connectivity index (χ0v) is 20.0. The molecule has 188 valence electrons. The van der Waals surface area contributed by atoms with Gasteiger partial charge in [0, 0.05) is 12.1 Å². The number of carboxylic acid groups (broad SMARTS) is 1. The molecule has 0 fully saturated rings. The first-order chi connectivity index (χ1) is 16.4. The summed E-state index contributed by atoms with van der Waals surface area (Å²) in [5.74, 6) is 0.750. The molecule has 0 aliphatic carbocycles. The molecule has 7 nitrogen and oxygen atoms in total. The van der Waals surface area contributed by atoms with Gasteiger partial charge >= 0.3 is 12.1 Å². The number of rotatable bonds is 10. The van der Waals surface area contributed by atoms with Crippen LogP contribution in [0.5, 0.6) is 11.5 Å². The van der Waals surface area contributed by atoms with Gasteiger partial charge in [0.1, 0.15) is 18.1 Å². The molecule has 0 saturated carbocycles. The summed E-state index contributed by atoms with van der Waals surface area (Å²) in [4.78, 5) is 15.8. The molecular formula is C25H28F3N3O4. The van der Waals surface area contributed by atoms with Gasteiger partial charge in [-0.2, -0.15) is 18.3 Å². The minimum Gasteiger partial charge on any atom is -0.486 e. The highest BCUT2D eigenvalue weighted by Crippen LogP contribution is 2.31. The standard InChI is InChI=1S/C25H28F3N3O4/c1-5-6-13-31-21(29-22(30-31)17-7-9-18(10-8-17)25(26,27)28)15-34-19-11-12-20(16(2)14-19)35-24(3,4)23(32)33/h7-12,14H,5-6,13,15H2,1-4H3,(H,32,33). The van der Waals surface area contributed by atoms with Crippen LogP contribution in [0.15, 0.2) is 42.5 Å². The summed E-state index contributed by atoms with van der Waals surface area (Å²) in [6, 6.07) is 9.78. The number of ether oxygens (including phenoxy) is 2. The summed E-state index contributed by atoms with van der Waals surface area (Å²) in [5, 5.41) is 13.7. The van der Waals surface area contributed by atoms with Crippen LogP contribution in [0.1, 0.15) is 50.6 Å². The largest absolute Gasteiger partial charge is 0.486 e. The Morgan fingerprint density at radius 1 is 1.11 bits per heavy atom. The summed E-state index contributed by atoms with van der Waals surface area (Å²) < 4.78 is 51.8. The Labute approximate surface area is 201 Å². The predicted molar refractivity (Wildman–Crippen MR) is 123 cm³/mol. The molecule has 10 heteroatoms. The second kappa shape index (κ2) is 10.4. The number of aromatic nitrogens is 3. The van der Waals surface area contributed by atoms with Crippen LogP contribution in [0.2, 0.25) is 0 Å². The number of carbonyl (C=O) groups is 1. The van der Waals surface area contributed by atoms with Crippen molar-refractivity contribution in [3.8, 4) is 22.9 Å². The van der Waals surface area contributed by atoms with Crippen LogP contribution >= 0.6 is 0 Å². The molecule has 0 radical (unpaired) electrons. The van der Waals surface area contributed by atoms with Gasteiger partial charge in [-0.1, -0.05) is 25.5 Å². The van der Waals surface area contributed by atoms with Crippen molar-refractivity contribution in [3.05, 3.63) is 59.4 Å². The van der Waals surface area contributed by atoms with Gasteiger partial charge in [0.25, 0.3) is 0 Å². The molecule has 1 aromatic heterocycles. The zero-order chi connectivity index (χ0) is 25.8. The number of hydrogen-bond acceptors (Lipinski definition) is 5. The second-order valence-electron chi connectivity index (χ2n) is 8.64. The van der Waals surface area contributed by atoms with Gasteiger partial charge in [0.05, 0.1) is 5.56 Å².